The zero-order chi connectivity index (χ0) is 20.8. The van der Waals surface area contributed by atoms with E-state index in [4.69, 9.17) is 9.26 Å². The minimum Gasteiger partial charge on any atom is -0.497 e. The smallest absolute Gasteiger partial charge is 0.260 e. The average Bonchev–Trinajstić information content (AvgIpc) is 3.29. The molecule has 0 spiro atoms. The zero-order valence-electron chi connectivity index (χ0n) is 16.1. The summed E-state index contributed by atoms with van der Waals surface area (Å²) in [4.78, 5) is 21.0. The Morgan fingerprint density at radius 3 is 2.60 bits per heavy atom. The number of amides is 1. The van der Waals surface area contributed by atoms with E-state index in [2.05, 4.69) is 20.4 Å². The number of nitrogens with zero attached hydrogens (tertiary/aromatic N) is 3. The average molecular weight is 398 g/mol. The molecule has 0 aliphatic rings. The fraction of sp³-hybridized carbons (Fsp3) is 0.0435. The highest BCUT2D eigenvalue weighted by molar-refractivity contribution is 6.03. The van der Waals surface area contributed by atoms with Gasteiger partial charge in [-0.1, -0.05) is 35.5 Å². The Labute approximate surface area is 173 Å². The number of rotatable bonds is 6. The van der Waals surface area contributed by atoms with Gasteiger partial charge >= 0.3 is 0 Å². The van der Waals surface area contributed by atoms with Crippen molar-refractivity contribution in [1.29, 1.82) is 0 Å². The lowest BCUT2D eigenvalue weighted by Gasteiger charge is -2.06. The molecule has 2 heterocycles. The van der Waals surface area contributed by atoms with Crippen LogP contribution in [-0.2, 0) is 4.79 Å². The van der Waals surface area contributed by atoms with Crippen LogP contribution < -0.4 is 10.1 Å². The van der Waals surface area contributed by atoms with Crippen molar-refractivity contribution in [2.45, 2.75) is 0 Å². The molecule has 7 heteroatoms. The SMILES string of the molecule is COc1ccc(/C=C/C(=O)Nc2ccccc2-c2nc(-c3ccccn3)no2)cc1. The number of aromatic nitrogens is 3. The maximum Gasteiger partial charge on any atom is 0.260 e. The predicted octanol–water partition coefficient (Wildman–Crippen LogP) is 4.46. The van der Waals surface area contributed by atoms with E-state index in [1.165, 1.54) is 6.08 Å². The lowest BCUT2D eigenvalue weighted by molar-refractivity contribution is -0.111. The van der Waals surface area contributed by atoms with E-state index in [1.807, 2.05) is 48.5 Å². The number of carbonyl (C=O) groups is 1. The van der Waals surface area contributed by atoms with Gasteiger partial charge in [0.25, 0.3) is 5.89 Å². The summed E-state index contributed by atoms with van der Waals surface area (Å²) in [6.45, 7) is 0. The number of pyridine rings is 1. The van der Waals surface area contributed by atoms with Crippen LogP contribution in [0.2, 0.25) is 0 Å². The van der Waals surface area contributed by atoms with E-state index in [9.17, 15) is 4.79 Å². The van der Waals surface area contributed by atoms with E-state index in [-0.39, 0.29) is 5.91 Å². The summed E-state index contributed by atoms with van der Waals surface area (Å²) in [5.74, 6) is 1.16. The summed E-state index contributed by atoms with van der Waals surface area (Å²) in [6.07, 6.45) is 4.85. The first-order chi connectivity index (χ1) is 14.7. The van der Waals surface area contributed by atoms with Crippen molar-refractivity contribution in [3.05, 3.63) is 84.6 Å². The number of para-hydroxylation sites is 1. The van der Waals surface area contributed by atoms with Gasteiger partial charge in [-0.05, 0) is 48.0 Å². The quantitative estimate of drug-likeness (QED) is 0.482. The van der Waals surface area contributed by atoms with Gasteiger partial charge in [-0.15, -0.1) is 0 Å². The second kappa shape index (κ2) is 8.83. The number of hydrogen-bond acceptors (Lipinski definition) is 6. The van der Waals surface area contributed by atoms with Gasteiger partial charge in [0.1, 0.15) is 11.4 Å². The van der Waals surface area contributed by atoms with Crippen LogP contribution in [-0.4, -0.2) is 28.1 Å². The molecule has 7 nitrogen and oxygen atoms in total. The van der Waals surface area contributed by atoms with Gasteiger partial charge in [0.15, 0.2) is 0 Å². The Morgan fingerprint density at radius 2 is 1.83 bits per heavy atom. The first-order valence-electron chi connectivity index (χ1n) is 9.20. The van der Waals surface area contributed by atoms with Crippen LogP contribution in [0.15, 0.2) is 83.5 Å². The van der Waals surface area contributed by atoms with E-state index in [0.29, 0.717) is 28.7 Å². The fourth-order valence-corrected chi connectivity index (χ4v) is 2.77. The molecular formula is C23H18N4O3. The number of anilines is 1. The largest absolute Gasteiger partial charge is 0.497 e. The molecule has 30 heavy (non-hydrogen) atoms. The molecule has 1 amide bonds. The lowest BCUT2D eigenvalue weighted by atomic mass is 10.1. The summed E-state index contributed by atoms with van der Waals surface area (Å²) in [5.41, 5.74) is 2.68. The highest BCUT2D eigenvalue weighted by Gasteiger charge is 2.15. The topological polar surface area (TPSA) is 90.1 Å². The summed E-state index contributed by atoms with van der Waals surface area (Å²) < 4.78 is 10.5. The summed E-state index contributed by atoms with van der Waals surface area (Å²) in [7, 11) is 1.61. The van der Waals surface area contributed by atoms with Crippen molar-refractivity contribution >= 4 is 17.7 Å². The maximum absolute atomic E-state index is 12.4. The van der Waals surface area contributed by atoms with Crippen molar-refractivity contribution in [1.82, 2.24) is 15.1 Å². The molecule has 4 rings (SSSR count). The summed E-state index contributed by atoms with van der Waals surface area (Å²) >= 11 is 0. The fourth-order valence-electron chi connectivity index (χ4n) is 2.77. The van der Waals surface area contributed by atoms with Crippen LogP contribution in [0.3, 0.4) is 0 Å². The van der Waals surface area contributed by atoms with Gasteiger partial charge in [0.05, 0.1) is 18.4 Å². The Kier molecular flexibility index (Phi) is 5.61. The molecule has 0 radical (unpaired) electrons. The molecule has 0 saturated carbocycles. The van der Waals surface area contributed by atoms with Gasteiger partial charge < -0.3 is 14.6 Å². The lowest BCUT2D eigenvalue weighted by Crippen LogP contribution is -2.08. The zero-order valence-corrected chi connectivity index (χ0v) is 16.1. The Bertz CT molecular complexity index is 1170. The molecule has 0 atom stereocenters. The van der Waals surface area contributed by atoms with Crippen LogP contribution >= 0.6 is 0 Å². The predicted molar refractivity (Wildman–Crippen MR) is 114 cm³/mol. The third-order valence-corrected chi connectivity index (χ3v) is 4.28. The highest BCUT2D eigenvalue weighted by atomic mass is 16.5. The highest BCUT2D eigenvalue weighted by Crippen LogP contribution is 2.28. The molecule has 0 unspecified atom stereocenters. The molecule has 148 valence electrons. The second-order valence-corrected chi connectivity index (χ2v) is 6.28. The number of nitrogens with one attached hydrogen (secondary N) is 1. The van der Waals surface area contributed by atoms with Crippen molar-refractivity contribution in [2.75, 3.05) is 12.4 Å². The van der Waals surface area contributed by atoms with Gasteiger partial charge in [0, 0.05) is 12.3 Å². The first-order valence-corrected chi connectivity index (χ1v) is 9.20. The van der Waals surface area contributed by atoms with E-state index >= 15 is 0 Å². The third kappa shape index (κ3) is 4.41. The summed E-state index contributed by atoms with van der Waals surface area (Å²) in [6, 6.07) is 20.1. The molecule has 0 fully saturated rings. The van der Waals surface area contributed by atoms with Crippen molar-refractivity contribution in [3.8, 4) is 28.7 Å². The van der Waals surface area contributed by atoms with E-state index < -0.39 is 0 Å². The van der Waals surface area contributed by atoms with Gasteiger partial charge in [0.2, 0.25) is 11.7 Å². The molecule has 4 aromatic rings. The molecule has 2 aromatic heterocycles. The van der Waals surface area contributed by atoms with Crippen LogP contribution in [0.4, 0.5) is 5.69 Å². The van der Waals surface area contributed by atoms with Crippen molar-refractivity contribution in [3.63, 3.8) is 0 Å². The van der Waals surface area contributed by atoms with Crippen LogP contribution in [0.25, 0.3) is 29.0 Å². The number of carbonyl (C=O) groups excluding carboxylic acids is 1. The van der Waals surface area contributed by atoms with Crippen LogP contribution in [0.1, 0.15) is 5.56 Å². The molecule has 1 N–H and O–H groups in total. The van der Waals surface area contributed by atoms with Crippen molar-refractivity contribution in [2.24, 2.45) is 0 Å². The Hall–Kier alpha value is -4.26. The number of hydrogen-bond donors (Lipinski definition) is 1. The second-order valence-electron chi connectivity index (χ2n) is 6.28. The van der Waals surface area contributed by atoms with Gasteiger partial charge in [-0.25, -0.2) is 0 Å². The standard InChI is InChI=1S/C23H18N4O3/c1-29-17-12-9-16(10-13-17)11-14-21(28)25-19-7-3-2-6-18(19)23-26-22(27-30-23)20-8-4-5-15-24-20/h2-15H,1H3,(H,25,28)/b14-11+. The first kappa shape index (κ1) is 19.1. The Morgan fingerprint density at radius 1 is 1.03 bits per heavy atom. The number of ether oxygens (including phenoxy) is 1. The number of benzene rings is 2. The Balaban J connectivity index is 1.51. The molecule has 0 aliphatic heterocycles. The van der Waals surface area contributed by atoms with E-state index in [0.717, 1.165) is 11.3 Å². The normalized spacial score (nSPS) is 10.8. The maximum atomic E-state index is 12.4. The molecule has 0 bridgehead atoms. The van der Waals surface area contributed by atoms with Crippen molar-refractivity contribution < 1.29 is 14.1 Å². The molecule has 2 aromatic carbocycles. The monoisotopic (exact) mass is 398 g/mol. The molecular weight excluding hydrogens is 380 g/mol. The molecule has 0 saturated heterocycles. The minimum absolute atomic E-state index is 0.275. The minimum atomic E-state index is -0.275. The van der Waals surface area contributed by atoms with Gasteiger partial charge in [-0.2, -0.15) is 4.98 Å². The van der Waals surface area contributed by atoms with Crippen LogP contribution in [0, 0.1) is 0 Å². The summed E-state index contributed by atoms with van der Waals surface area (Å²) in [5, 5.41) is 6.84. The van der Waals surface area contributed by atoms with Crippen LogP contribution in [0.5, 0.6) is 5.75 Å². The van der Waals surface area contributed by atoms with E-state index in [1.54, 1.807) is 37.6 Å². The number of methoxy groups -OCH3 is 1. The van der Waals surface area contributed by atoms with Gasteiger partial charge in [-0.3, -0.25) is 9.78 Å². The molecule has 0 aliphatic carbocycles. The third-order valence-electron chi connectivity index (χ3n) is 4.28.